The van der Waals surface area contributed by atoms with Crippen molar-refractivity contribution in [2.45, 2.75) is 4.90 Å². The van der Waals surface area contributed by atoms with Crippen LogP contribution in [0, 0.1) is 10.1 Å². The van der Waals surface area contributed by atoms with Crippen molar-refractivity contribution in [2.24, 2.45) is 5.14 Å². The van der Waals surface area contributed by atoms with Crippen LogP contribution in [-0.4, -0.2) is 31.7 Å². The molecule has 0 amide bonds. The Labute approximate surface area is 194 Å². The van der Waals surface area contributed by atoms with E-state index in [0.717, 1.165) is 0 Å². The Morgan fingerprint density at radius 3 is 2.29 bits per heavy atom. The monoisotopic (exact) mass is 481 g/mol. The molecule has 3 aromatic rings. The highest BCUT2D eigenvalue weighted by Gasteiger charge is 2.11. The number of hydrogen-bond donors (Lipinski definition) is 2. The standard InChI is InChI=1S/C23H19N3O7S/c24-34(31,32)21-3-1-2-19(14-21)25-18-9-4-16(5-10-18)6-13-23(28)33-15-22(27)17-7-11-20(12-8-17)26(29)30/h1-14,25H,15H2,(H2,24,31,32)/b13-6+. The molecule has 0 aromatic heterocycles. The van der Waals surface area contributed by atoms with E-state index in [0.29, 0.717) is 16.9 Å². The summed E-state index contributed by atoms with van der Waals surface area (Å²) in [6.45, 7) is -0.499. The van der Waals surface area contributed by atoms with Crippen molar-refractivity contribution in [3.8, 4) is 0 Å². The molecule has 0 aliphatic carbocycles. The summed E-state index contributed by atoms with van der Waals surface area (Å²) in [5, 5.41) is 18.8. The molecule has 0 saturated heterocycles. The van der Waals surface area contributed by atoms with Crippen molar-refractivity contribution in [1.82, 2.24) is 0 Å². The van der Waals surface area contributed by atoms with Crippen molar-refractivity contribution < 1.29 is 27.7 Å². The lowest BCUT2D eigenvalue weighted by Crippen LogP contribution is -2.12. The van der Waals surface area contributed by atoms with Gasteiger partial charge in [0.05, 0.1) is 9.82 Å². The number of Topliss-reactive ketones (excluding diaryl/α,β-unsaturated/α-hetero) is 1. The van der Waals surface area contributed by atoms with Crippen LogP contribution in [0.3, 0.4) is 0 Å². The number of carbonyl (C=O) groups is 2. The number of nitrogens with two attached hydrogens (primary N) is 1. The highest BCUT2D eigenvalue weighted by Crippen LogP contribution is 2.20. The molecule has 0 aliphatic rings. The van der Waals surface area contributed by atoms with Crippen LogP contribution in [0.1, 0.15) is 15.9 Å². The number of nitro benzene ring substituents is 1. The third-order valence-corrected chi connectivity index (χ3v) is 5.43. The second-order valence-electron chi connectivity index (χ2n) is 6.99. The number of non-ortho nitro benzene ring substituents is 1. The van der Waals surface area contributed by atoms with Crippen LogP contribution in [0.25, 0.3) is 6.08 Å². The molecule has 0 radical (unpaired) electrons. The first-order valence-electron chi connectivity index (χ1n) is 9.74. The molecule has 0 bridgehead atoms. The molecule has 0 fully saturated rings. The van der Waals surface area contributed by atoms with Gasteiger partial charge in [-0.25, -0.2) is 18.4 Å². The zero-order valence-corrected chi connectivity index (χ0v) is 18.4. The minimum absolute atomic E-state index is 0.0115. The van der Waals surface area contributed by atoms with E-state index in [2.05, 4.69) is 5.32 Å². The molecule has 3 rings (SSSR count). The van der Waals surface area contributed by atoms with Crippen LogP contribution in [0.15, 0.2) is 83.8 Å². The summed E-state index contributed by atoms with van der Waals surface area (Å²) in [5.41, 5.74) is 1.95. The summed E-state index contributed by atoms with van der Waals surface area (Å²) in [6, 6.07) is 18.0. The minimum Gasteiger partial charge on any atom is -0.454 e. The predicted molar refractivity (Wildman–Crippen MR) is 125 cm³/mol. The van der Waals surface area contributed by atoms with Gasteiger partial charge in [-0.3, -0.25) is 14.9 Å². The number of nitrogens with one attached hydrogen (secondary N) is 1. The number of sulfonamides is 1. The maximum Gasteiger partial charge on any atom is 0.331 e. The summed E-state index contributed by atoms with van der Waals surface area (Å²) in [5.74, 6) is -1.21. The first-order valence-corrected chi connectivity index (χ1v) is 11.3. The maximum atomic E-state index is 12.0. The van der Waals surface area contributed by atoms with E-state index in [9.17, 15) is 28.1 Å². The molecule has 0 aliphatic heterocycles. The number of ether oxygens (including phenoxy) is 1. The lowest BCUT2D eigenvalue weighted by atomic mass is 10.1. The van der Waals surface area contributed by atoms with Gasteiger partial charge in [-0.1, -0.05) is 18.2 Å². The quantitative estimate of drug-likeness (QED) is 0.155. The van der Waals surface area contributed by atoms with E-state index in [1.165, 1.54) is 48.6 Å². The van der Waals surface area contributed by atoms with E-state index in [1.807, 2.05) is 0 Å². The zero-order chi connectivity index (χ0) is 24.7. The number of rotatable bonds is 9. The van der Waals surface area contributed by atoms with Crippen molar-refractivity contribution in [1.29, 1.82) is 0 Å². The number of benzene rings is 3. The summed E-state index contributed by atoms with van der Waals surface area (Å²) in [4.78, 5) is 34.0. The minimum atomic E-state index is -3.81. The van der Waals surface area contributed by atoms with Gasteiger partial charge in [-0.15, -0.1) is 0 Å². The second-order valence-corrected chi connectivity index (χ2v) is 8.55. The van der Waals surface area contributed by atoms with E-state index in [4.69, 9.17) is 9.88 Å². The van der Waals surface area contributed by atoms with Crippen molar-refractivity contribution in [2.75, 3.05) is 11.9 Å². The zero-order valence-electron chi connectivity index (χ0n) is 17.6. The third-order valence-electron chi connectivity index (χ3n) is 4.52. The molecule has 174 valence electrons. The number of nitro groups is 1. The average Bonchev–Trinajstić information content (AvgIpc) is 2.82. The fraction of sp³-hybridized carbons (Fsp3) is 0.0435. The maximum absolute atomic E-state index is 12.0. The number of hydrogen-bond acceptors (Lipinski definition) is 8. The van der Waals surface area contributed by atoms with E-state index in [-0.39, 0.29) is 16.1 Å². The molecule has 11 heteroatoms. The van der Waals surface area contributed by atoms with Gasteiger partial charge in [0.15, 0.2) is 12.4 Å². The Morgan fingerprint density at radius 1 is 1.00 bits per heavy atom. The summed E-state index contributed by atoms with van der Waals surface area (Å²) >= 11 is 0. The Balaban J connectivity index is 1.53. The molecular formula is C23H19N3O7S. The molecule has 0 heterocycles. The summed E-state index contributed by atoms with van der Waals surface area (Å²) in [7, 11) is -3.81. The van der Waals surface area contributed by atoms with Crippen LogP contribution < -0.4 is 10.5 Å². The van der Waals surface area contributed by atoms with E-state index in [1.54, 1.807) is 36.4 Å². The van der Waals surface area contributed by atoms with Crippen LogP contribution >= 0.6 is 0 Å². The first-order chi connectivity index (χ1) is 16.1. The summed E-state index contributed by atoms with van der Waals surface area (Å²) in [6.07, 6.45) is 2.67. The van der Waals surface area contributed by atoms with Gasteiger partial charge in [0, 0.05) is 35.1 Å². The molecule has 3 N–H and O–H groups in total. The molecule has 0 spiro atoms. The Hall–Kier alpha value is -4.35. The predicted octanol–water partition coefficient (Wildman–Crippen LogP) is 3.43. The van der Waals surface area contributed by atoms with Crippen molar-refractivity contribution >= 4 is 44.9 Å². The third kappa shape index (κ3) is 6.82. The number of esters is 1. The number of primary sulfonamides is 1. The van der Waals surface area contributed by atoms with Gasteiger partial charge in [-0.05, 0) is 54.1 Å². The number of carbonyl (C=O) groups excluding carboxylic acids is 2. The largest absolute Gasteiger partial charge is 0.454 e. The topological polar surface area (TPSA) is 159 Å². The van der Waals surface area contributed by atoms with Crippen LogP contribution in [-0.2, 0) is 19.6 Å². The molecule has 0 atom stereocenters. The van der Waals surface area contributed by atoms with Crippen LogP contribution in [0.2, 0.25) is 0 Å². The molecular weight excluding hydrogens is 462 g/mol. The van der Waals surface area contributed by atoms with Gasteiger partial charge in [0.2, 0.25) is 10.0 Å². The highest BCUT2D eigenvalue weighted by atomic mass is 32.2. The molecule has 0 unspecified atom stereocenters. The second kappa shape index (κ2) is 10.5. The first kappa shape index (κ1) is 24.3. The molecule has 0 saturated carbocycles. The smallest absolute Gasteiger partial charge is 0.331 e. The van der Waals surface area contributed by atoms with Crippen LogP contribution in [0.4, 0.5) is 17.1 Å². The SMILES string of the molecule is NS(=O)(=O)c1cccc(Nc2ccc(/C=C/C(=O)OCC(=O)c3ccc([N+](=O)[O-])cc3)cc2)c1. The molecule has 10 nitrogen and oxygen atoms in total. The Morgan fingerprint density at radius 2 is 1.68 bits per heavy atom. The van der Waals surface area contributed by atoms with E-state index < -0.39 is 33.3 Å². The summed E-state index contributed by atoms with van der Waals surface area (Å²) < 4.78 is 27.8. The average molecular weight is 481 g/mol. The number of ketones is 1. The molecule has 34 heavy (non-hydrogen) atoms. The fourth-order valence-corrected chi connectivity index (χ4v) is 3.36. The molecule has 3 aromatic carbocycles. The Kier molecular flexibility index (Phi) is 7.51. The van der Waals surface area contributed by atoms with Gasteiger partial charge in [0.1, 0.15) is 0 Å². The Bertz CT molecular complexity index is 1350. The highest BCUT2D eigenvalue weighted by molar-refractivity contribution is 7.89. The lowest BCUT2D eigenvalue weighted by Gasteiger charge is -2.08. The lowest BCUT2D eigenvalue weighted by molar-refractivity contribution is -0.384. The van der Waals surface area contributed by atoms with Crippen LogP contribution in [0.5, 0.6) is 0 Å². The number of nitrogens with zero attached hydrogens (tertiary/aromatic N) is 1. The van der Waals surface area contributed by atoms with Gasteiger partial charge < -0.3 is 10.1 Å². The van der Waals surface area contributed by atoms with Gasteiger partial charge >= 0.3 is 5.97 Å². The fourth-order valence-electron chi connectivity index (χ4n) is 2.80. The van der Waals surface area contributed by atoms with E-state index >= 15 is 0 Å². The number of anilines is 2. The van der Waals surface area contributed by atoms with Crippen molar-refractivity contribution in [3.05, 3.63) is 100 Å². The van der Waals surface area contributed by atoms with Gasteiger partial charge in [0.25, 0.3) is 5.69 Å². The van der Waals surface area contributed by atoms with Crippen molar-refractivity contribution in [3.63, 3.8) is 0 Å². The normalized spacial score (nSPS) is 11.2. The van der Waals surface area contributed by atoms with Gasteiger partial charge in [-0.2, -0.15) is 0 Å².